The number of H-pyrrole nitrogens is 1. The lowest BCUT2D eigenvalue weighted by molar-refractivity contribution is -0.144. The van der Waals surface area contributed by atoms with Crippen molar-refractivity contribution in [3.05, 3.63) is 117 Å². The highest BCUT2D eigenvalue weighted by atomic mass is 16.5. The quantitative estimate of drug-likeness (QED) is 0.0340. The number of benzene rings is 2. The Bertz CT molecular complexity index is 3270. The summed E-state index contributed by atoms with van der Waals surface area (Å²) >= 11 is 0. The van der Waals surface area contributed by atoms with Crippen molar-refractivity contribution in [1.29, 1.82) is 0 Å². The molecule has 0 unspecified atom stereocenters. The molecule has 6 aromatic rings. The van der Waals surface area contributed by atoms with Gasteiger partial charge in [0.15, 0.2) is 11.5 Å². The maximum Gasteiger partial charge on any atom is 0.278 e. The van der Waals surface area contributed by atoms with Crippen molar-refractivity contribution in [1.82, 2.24) is 54.9 Å². The molecular formula is C56H69N13O8. The lowest BCUT2D eigenvalue weighted by atomic mass is 9.85. The fourth-order valence-electron chi connectivity index (χ4n) is 9.84. The van der Waals surface area contributed by atoms with Crippen molar-refractivity contribution < 1.29 is 29.3 Å². The van der Waals surface area contributed by atoms with Crippen LogP contribution in [0.2, 0.25) is 0 Å². The summed E-state index contributed by atoms with van der Waals surface area (Å²) in [5.74, 6) is 1.84. The van der Waals surface area contributed by atoms with Crippen LogP contribution in [0.5, 0.6) is 0 Å². The molecule has 3 atom stereocenters. The number of nitrogens with one attached hydrogen (secondary N) is 4. The number of hydrogen-bond acceptors (Lipinski definition) is 15. The standard InChI is InChI=1S/C56H69N13O8/c1-8-23-68-52(74)42-32-58-54(63-49(42)69(68)45-16-14-15-44(61-45)56(6,7)76)60-38-19-21-39(22-20-38)66-27-25-65(26-28-66)24-12-10-11-13-29-77-35-46(71)62-48(55(3,4)5)53(75)67-34-40(70)30-43(67)50(72)57-31-37-18-17-36(9-2)41-33-59-64-51(73)47(37)41/h2,8,14-22,32-33,40,43,48,70,76H,1,10-13,23-31,34-35H2,3-7H3,(H,57,72)(H,62,71)(H,64,73)(H,58,60,63)/t40-,43+,48-/m1/s1. The molecule has 3 amide bonds. The topological polar surface area (TPSA) is 258 Å². The number of β-amino-alcohol motifs (C(OH)–C–C–N with tert-alkyl or cyclic N) is 1. The number of aromatic amines is 1. The summed E-state index contributed by atoms with van der Waals surface area (Å²) in [4.78, 5) is 87.0. The molecule has 21 nitrogen and oxygen atoms in total. The third-order valence-electron chi connectivity index (χ3n) is 14.0. The number of anilines is 3. The molecule has 2 fully saturated rings. The summed E-state index contributed by atoms with van der Waals surface area (Å²) in [5, 5.41) is 37.6. The van der Waals surface area contributed by atoms with Crippen molar-refractivity contribution in [2.45, 2.75) is 104 Å². The first-order chi connectivity index (χ1) is 36.8. The zero-order chi connectivity index (χ0) is 55.0. The van der Waals surface area contributed by atoms with Gasteiger partial charge in [-0.1, -0.05) is 57.7 Å². The average Bonchev–Trinajstić information content (AvgIpc) is 3.97. The van der Waals surface area contributed by atoms with Crippen molar-refractivity contribution in [2.75, 3.05) is 62.7 Å². The number of allylic oxidation sites excluding steroid dienone is 1. The maximum atomic E-state index is 14.1. The van der Waals surface area contributed by atoms with Gasteiger partial charge in [0.2, 0.25) is 23.7 Å². The molecule has 77 heavy (non-hydrogen) atoms. The summed E-state index contributed by atoms with van der Waals surface area (Å²) in [6, 6.07) is 14.7. The third-order valence-corrected chi connectivity index (χ3v) is 14.0. The normalized spacial score (nSPS) is 16.6. The second kappa shape index (κ2) is 24.1. The van der Waals surface area contributed by atoms with Gasteiger partial charge >= 0.3 is 0 Å². The summed E-state index contributed by atoms with van der Waals surface area (Å²) in [7, 11) is 0. The molecule has 6 heterocycles. The summed E-state index contributed by atoms with van der Waals surface area (Å²) < 4.78 is 8.86. The smallest absolute Gasteiger partial charge is 0.278 e. The number of aromatic nitrogens is 7. The Kier molecular flexibility index (Phi) is 17.3. The fourth-order valence-corrected chi connectivity index (χ4v) is 9.84. The van der Waals surface area contributed by atoms with Gasteiger partial charge in [0.1, 0.15) is 29.7 Å². The predicted molar refractivity (Wildman–Crippen MR) is 294 cm³/mol. The van der Waals surface area contributed by atoms with Gasteiger partial charge in [0.25, 0.3) is 11.1 Å². The van der Waals surface area contributed by atoms with E-state index in [4.69, 9.17) is 16.1 Å². The molecule has 4 aromatic heterocycles. The molecule has 0 aliphatic carbocycles. The van der Waals surface area contributed by atoms with Gasteiger partial charge in [-0.05, 0) is 86.7 Å². The number of pyridine rings is 1. The SMILES string of the molecule is C#Cc1ccc(CNC(=O)[C@@H]2C[C@@H](O)CN2C(=O)[C@@H](NC(=O)COCCCCCCN2CCN(c3ccc(Nc4ncc5c(=O)n(CC=C)n(-c6cccc(C(C)(C)O)n6)c5n4)cc3)CC2)C(C)(C)C)c2c(=O)[nH]ncc12. The van der Waals surface area contributed by atoms with Crippen molar-refractivity contribution >= 4 is 56.9 Å². The minimum atomic E-state index is -1.19. The number of carbonyl (C=O) groups is 3. The number of likely N-dealkylation sites (tertiary alicyclic amines) is 1. The summed E-state index contributed by atoms with van der Waals surface area (Å²) in [6.07, 6.45) is 13.1. The largest absolute Gasteiger partial charge is 0.391 e. The Hall–Kier alpha value is -7.77. The zero-order valence-corrected chi connectivity index (χ0v) is 44.4. The summed E-state index contributed by atoms with van der Waals surface area (Å²) in [6.45, 7) is 17.5. The molecule has 0 radical (unpaired) electrons. The molecule has 21 heteroatoms. The van der Waals surface area contributed by atoms with Crippen LogP contribution in [-0.2, 0) is 37.8 Å². The van der Waals surface area contributed by atoms with Gasteiger partial charge in [-0.3, -0.25) is 28.9 Å². The number of aliphatic hydroxyl groups excluding tert-OH is 1. The van der Waals surface area contributed by atoms with Crippen LogP contribution in [0.15, 0.2) is 89.2 Å². The van der Waals surface area contributed by atoms with E-state index in [-0.39, 0.29) is 38.2 Å². The first-order valence-electron chi connectivity index (χ1n) is 26.1. The zero-order valence-electron chi connectivity index (χ0n) is 44.4. The number of unbranched alkanes of at least 4 members (excludes halogenated alkanes) is 3. The lowest BCUT2D eigenvalue weighted by Crippen LogP contribution is -2.58. The molecule has 0 spiro atoms. The molecule has 0 bridgehead atoms. The van der Waals surface area contributed by atoms with E-state index in [0.717, 1.165) is 69.8 Å². The number of ether oxygens (including phenoxy) is 1. The van der Waals surface area contributed by atoms with E-state index in [9.17, 15) is 34.2 Å². The van der Waals surface area contributed by atoms with E-state index >= 15 is 0 Å². The third kappa shape index (κ3) is 13.1. The molecule has 6 N–H and O–H groups in total. The molecule has 2 saturated heterocycles. The van der Waals surface area contributed by atoms with Gasteiger partial charge in [-0.15, -0.1) is 13.0 Å². The van der Waals surface area contributed by atoms with E-state index in [0.29, 0.717) is 57.0 Å². The second-order valence-electron chi connectivity index (χ2n) is 21.2. The number of amides is 3. The first kappa shape index (κ1) is 55.5. The van der Waals surface area contributed by atoms with Crippen LogP contribution in [0.4, 0.5) is 17.3 Å². The van der Waals surface area contributed by atoms with Crippen LogP contribution in [0.25, 0.3) is 27.6 Å². The van der Waals surface area contributed by atoms with Gasteiger partial charge in [0.05, 0.1) is 29.9 Å². The molecular weight excluding hydrogens is 983 g/mol. The Morgan fingerprint density at radius 1 is 0.961 bits per heavy atom. The maximum absolute atomic E-state index is 14.1. The predicted octanol–water partition coefficient (Wildman–Crippen LogP) is 3.86. The Morgan fingerprint density at radius 3 is 2.43 bits per heavy atom. The Balaban J connectivity index is 0.739. The highest BCUT2D eigenvalue weighted by Crippen LogP contribution is 2.28. The second-order valence-corrected chi connectivity index (χ2v) is 21.2. The van der Waals surface area contributed by atoms with E-state index in [1.165, 1.54) is 22.0 Å². The highest BCUT2D eigenvalue weighted by Gasteiger charge is 2.44. The number of carbonyl (C=O) groups excluding carboxylic acids is 3. The lowest BCUT2D eigenvalue weighted by Gasteiger charge is -2.36. The fraction of sp³-hybridized carbons (Fsp3) is 0.446. The minimum Gasteiger partial charge on any atom is -0.391 e. The van der Waals surface area contributed by atoms with E-state index in [1.807, 2.05) is 32.9 Å². The molecule has 2 aliphatic rings. The van der Waals surface area contributed by atoms with Crippen LogP contribution in [-0.4, -0.2) is 143 Å². The molecule has 2 aromatic carbocycles. The van der Waals surface area contributed by atoms with Crippen LogP contribution in [0.1, 0.15) is 83.5 Å². The van der Waals surface area contributed by atoms with E-state index in [1.54, 1.807) is 54.9 Å². The minimum absolute atomic E-state index is 0.0145. The number of nitrogens with zero attached hydrogens (tertiary/aromatic N) is 9. The van der Waals surface area contributed by atoms with Crippen molar-refractivity contribution in [3.8, 4) is 18.2 Å². The number of piperazine rings is 1. The van der Waals surface area contributed by atoms with Crippen LogP contribution < -0.4 is 32.0 Å². The molecule has 8 rings (SSSR count). The van der Waals surface area contributed by atoms with Crippen molar-refractivity contribution in [3.63, 3.8) is 0 Å². The van der Waals surface area contributed by atoms with Crippen molar-refractivity contribution in [2.24, 2.45) is 5.41 Å². The van der Waals surface area contributed by atoms with Gasteiger partial charge < -0.3 is 40.7 Å². The van der Waals surface area contributed by atoms with Gasteiger partial charge in [0, 0.05) is 80.8 Å². The van der Waals surface area contributed by atoms with E-state index in [2.05, 4.69) is 70.5 Å². The number of rotatable bonds is 21. The molecule has 0 saturated carbocycles. The van der Waals surface area contributed by atoms with Gasteiger partial charge in [-0.25, -0.2) is 24.4 Å². The summed E-state index contributed by atoms with van der Waals surface area (Å²) in [5.41, 5.74) is 1.07. The molecule has 2 aliphatic heterocycles. The monoisotopic (exact) mass is 1050 g/mol. The number of fused-ring (bicyclic) bond motifs is 2. The number of terminal acetylenes is 1. The Morgan fingerprint density at radius 2 is 1.71 bits per heavy atom. The highest BCUT2D eigenvalue weighted by molar-refractivity contribution is 5.94. The molecule has 406 valence electrons. The number of aliphatic hydroxyl groups is 2. The first-order valence-corrected chi connectivity index (χ1v) is 26.1. The van der Waals surface area contributed by atoms with Crippen LogP contribution >= 0.6 is 0 Å². The van der Waals surface area contributed by atoms with Crippen LogP contribution in [0.3, 0.4) is 0 Å². The Labute approximate surface area is 446 Å². The average molecular weight is 1050 g/mol. The van der Waals surface area contributed by atoms with E-state index < -0.39 is 52.5 Å². The number of hydrogen-bond donors (Lipinski definition) is 6. The van der Waals surface area contributed by atoms with Crippen LogP contribution in [0, 0.1) is 17.8 Å². The van der Waals surface area contributed by atoms with Gasteiger partial charge in [-0.2, -0.15) is 10.1 Å².